The largest absolute Gasteiger partial charge is 0.428 e. The molecule has 0 aliphatic rings. The average Bonchev–Trinajstić information content (AvgIpc) is 1.99. The second-order valence-corrected chi connectivity index (χ2v) is 2.30. The molecule has 0 bridgehead atoms. The molecule has 0 N–H and O–H groups in total. The number of rotatable bonds is 3. The van der Waals surface area contributed by atoms with Gasteiger partial charge in [0.05, 0.1) is 0 Å². The third kappa shape index (κ3) is 3.71. The second-order valence-electron chi connectivity index (χ2n) is 1.86. The number of allylic oxidation sites excluding steroid dienone is 4. The van der Waals surface area contributed by atoms with Gasteiger partial charge >= 0.3 is 0 Å². The molecule has 0 aromatic rings. The molecule has 0 saturated carbocycles. The van der Waals surface area contributed by atoms with E-state index in [0.717, 1.165) is 5.76 Å². The molecule has 10 heavy (non-hydrogen) atoms. The van der Waals surface area contributed by atoms with Crippen LogP contribution in [-0.4, -0.2) is 0 Å². The first-order valence-electron chi connectivity index (χ1n) is 3.00. The molecule has 0 aliphatic heterocycles. The summed E-state index contributed by atoms with van der Waals surface area (Å²) < 4.78 is 4.94. The molecule has 56 valence electrons. The predicted molar refractivity (Wildman–Crippen MR) is 52.8 cm³/mol. The Kier molecular flexibility index (Phi) is 5.39. The van der Waals surface area contributed by atoms with Crippen LogP contribution < -0.4 is 0 Å². The van der Waals surface area contributed by atoms with E-state index < -0.39 is 0 Å². The molecule has 0 heterocycles. The van der Waals surface area contributed by atoms with Crippen molar-refractivity contribution in [2.75, 3.05) is 0 Å². The van der Waals surface area contributed by atoms with E-state index in [-0.39, 0.29) is 0 Å². The van der Waals surface area contributed by atoms with Crippen molar-refractivity contribution in [1.82, 2.24) is 0 Å². The lowest BCUT2D eigenvalue weighted by molar-refractivity contribution is 0.587. The molecule has 0 fully saturated rings. The van der Waals surface area contributed by atoms with E-state index in [4.69, 9.17) is 3.07 Å². The Morgan fingerprint density at radius 1 is 1.60 bits per heavy atom. The maximum atomic E-state index is 4.94. The van der Waals surface area contributed by atoms with Crippen LogP contribution in [0.1, 0.15) is 13.8 Å². The highest BCUT2D eigenvalue weighted by Crippen LogP contribution is 2.07. The summed E-state index contributed by atoms with van der Waals surface area (Å²) in [6.07, 6.45) is 5.62. The molecule has 1 nitrogen and oxygen atoms in total. The minimum Gasteiger partial charge on any atom is -0.428 e. The van der Waals surface area contributed by atoms with Crippen molar-refractivity contribution in [1.29, 1.82) is 0 Å². The summed E-state index contributed by atoms with van der Waals surface area (Å²) in [4.78, 5) is 0. The van der Waals surface area contributed by atoms with Crippen LogP contribution in [0, 0.1) is 0 Å². The topological polar surface area (TPSA) is 9.23 Å². The van der Waals surface area contributed by atoms with Crippen LogP contribution in [0.3, 0.4) is 0 Å². The summed E-state index contributed by atoms with van der Waals surface area (Å²) >= 11 is 1.83. The standard InChI is InChI=1S/C8H11IO/c1-4-7(3)6-8(5-2)10-9/h4-6H,2H2,1,3H3/b7-4-,8-6+. The van der Waals surface area contributed by atoms with Crippen LogP contribution in [0.2, 0.25) is 0 Å². The summed E-state index contributed by atoms with van der Waals surface area (Å²) in [6, 6.07) is 0. The predicted octanol–water partition coefficient (Wildman–Crippen LogP) is 3.39. The molecule has 0 aromatic heterocycles. The Balaban J connectivity index is 4.24. The lowest BCUT2D eigenvalue weighted by Gasteiger charge is -1.95. The molecule has 0 saturated heterocycles. The molecule has 0 amide bonds. The van der Waals surface area contributed by atoms with Crippen LogP contribution in [-0.2, 0) is 3.07 Å². The van der Waals surface area contributed by atoms with Crippen molar-refractivity contribution in [3.8, 4) is 0 Å². The summed E-state index contributed by atoms with van der Waals surface area (Å²) in [5, 5.41) is 0. The van der Waals surface area contributed by atoms with Gasteiger partial charge < -0.3 is 3.07 Å². The van der Waals surface area contributed by atoms with Gasteiger partial charge in [0, 0.05) is 0 Å². The van der Waals surface area contributed by atoms with E-state index in [9.17, 15) is 0 Å². The van der Waals surface area contributed by atoms with E-state index >= 15 is 0 Å². The Hall–Kier alpha value is -0.250. The SMILES string of the molecule is C=C/C(=C\C(C)=C/C)OI. The summed E-state index contributed by atoms with van der Waals surface area (Å²) in [7, 11) is 0. The van der Waals surface area contributed by atoms with Crippen LogP contribution >= 0.6 is 23.0 Å². The number of hydrogen-bond donors (Lipinski definition) is 0. The first-order chi connectivity index (χ1) is 4.74. The van der Waals surface area contributed by atoms with Gasteiger partial charge in [0.2, 0.25) is 0 Å². The fourth-order valence-corrected chi connectivity index (χ4v) is 0.727. The molecule has 0 aromatic carbocycles. The van der Waals surface area contributed by atoms with Crippen molar-refractivity contribution in [3.05, 3.63) is 36.1 Å². The quantitative estimate of drug-likeness (QED) is 0.424. The lowest BCUT2D eigenvalue weighted by Crippen LogP contribution is -1.75. The smallest absolute Gasteiger partial charge is 0.192 e. The average molecular weight is 250 g/mol. The second kappa shape index (κ2) is 5.53. The minimum atomic E-state index is 0.788. The highest BCUT2D eigenvalue weighted by Gasteiger charge is 1.87. The van der Waals surface area contributed by atoms with E-state index in [2.05, 4.69) is 6.58 Å². The van der Waals surface area contributed by atoms with Crippen molar-refractivity contribution in [2.45, 2.75) is 13.8 Å². The Labute approximate surface area is 76.2 Å². The molecule has 0 aliphatic carbocycles. The monoisotopic (exact) mass is 250 g/mol. The van der Waals surface area contributed by atoms with E-state index in [1.54, 1.807) is 6.08 Å². The van der Waals surface area contributed by atoms with Gasteiger partial charge in [-0.05, 0) is 26.0 Å². The Morgan fingerprint density at radius 2 is 2.20 bits per heavy atom. The third-order valence-electron chi connectivity index (χ3n) is 1.12. The molecule has 0 unspecified atom stereocenters. The van der Waals surface area contributed by atoms with Gasteiger partial charge in [-0.3, -0.25) is 0 Å². The highest BCUT2D eigenvalue weighted by molar-refractivity contribution is 14.1. The molecule has 0 radical (unpaired) electrons. The summed E-state index contributed by atoms with van der Waals surface area (Å²) in [6.45, 7) is 7.59. The van der Waals surface area contributed by atoms with E-state index in [0.29, 0.717) is 0 Å². The van der Waals surface area contributed by atoms with Crippen molar-refractivity contribution in [2.24, 2.45) is 0 Å². The zero-order chi connectivity index (χ0) is 7.98. The van der Waals surface area contributed by atoms with Crippen LogP contribution in [0.25, 0.3) is 0 Å². The van der Waals surface area contributed by atoms with Gasteiger partial charge in [0.25, 0.3) is 0 Å². The highest BCUT2D eigenvalue weighted by atomic mass is 127. The van der Waals surface area contributed by atoms with Gasteiger partial charge in [0.15, 0.2) is 23.0 Å². The van der Waals surface area contributed by atoms with Gasteiger partial charge in [0.1, 0.15) is 5.76 Å². The van der Waals surface area contributed by atoms with Crippen molar-refractivity contribution >= 4 is 23.0 Å². The first kappa shape index (κ1) is 9.75. The zero-order valence-electron chi connectivity index (χ0n) is 6.23. The van der Waals surface area contributed by atoms with Crippen molar-refractivity contribution < 1.29 is 3.07 Å². The van der Waals surface area contributed by atoms with Gasteiger partial charge in [-0.15, -0.1) is 0 Å². The number of halogens is 1. The molecule has 0 atom stereocenters. The van der Waals surface area contributed by atoms with E-state index in [1.807, 2.05) is 49.0 Å². The van der Waals surface area contributed by atoms with Gasteiger partial charge in [-0.25, -0.2) is 0 Å². The molecular weight excluding hydrogens is 239 g/mol. The molecule has 2 heteroatoms. The molecular formula is C8H11IO. The molecule has 0 rings (SSSR count). The van der Waals surface area contributed by atoms with Crippen LogP contribution in [0.5, 0.6) is 0 Å². The van der Waals surface area contributed by atoms with E-state index in [1.165, 1.54) is 5.57 Å². The minimum absolute atomic E-state index is 0.788. The maximum Gasteiger partial charge on any atom is 0.192 e. The maximum absolute atomic E-state index is 4.94. The number of hydrogen-bond acceptors (Lipinski definition) is 1. The fraction of sp³-hybridized carbons (Fsp3) is 0.250. The van der Waals surface area contributed by atoms with Gasteiger partial charge in [-0.2, -0.15) is 0 Å². The fourth-order valence-electron chi connectivity index (χ4n) is 0.420. The molecule has 0 spiro atoms. The normalized spacial score (nSPS) is 13.1. The summed E-state index contributed by atoms with van der Waals surface area (Å²) in [5.41, 5.74) is 1.17. The van der Waals surface area contributed by atoms with Gasteiger partial charge in [-0.1, -0.05) is 18.2 Å². The summed E-state index contributed by atoms with van der Waals surface area (Å²) in [5.74, 6) is 0.788. The third-order valence-corrected chi connectivity index (χ3v) is 1.62. The first-order valence-corrected chi connectivity index (χ1v) is 3.88. The lowest BCUT2D eigenvalue weighted by atomic mass is 10.2. The van der Waals surface area contributed by atoms with Crippen LogP contribution in [0.15, 0.2) is 36.1 Å². The Morgan fingerprint density at radius 3 is 2.50 bits per heavy atom. The van der Waals surface area contributed by atoms with Crippen molar-refractivity contribution in [3.63, 3.8) is 0 Å². The van der Waals surface area contributed by atoms with Crippen LogP contribution in [0.4, 0.5) is 0 Å². The Bertz CT molecular complexity index is 168. The zero-order valence-corrected chi connectivity index (χ0v) is 8.38.